The highest BCUT2D eigenvalue weighted by Gasteiger charge is 2.20. The Kier molecular flexibility index (Phi) is 3.73. The highest BCUT2D eigenvalue weighted by molar-refractivity contribution is 6.33. The van der Waals surface area contributed by atoms with Crippen LogP contribution in [-0.4, -0.2) is 33.8 Å². The second kappa shape index (κ2) is 5.58. The fourth-order valence-corrected chi connectivity index (χ4v) is 2.76. The molecule has 0 radical (unpaired) electrons. The monoisotopic (exact) mass is 334 g/mol. The zero-order valence-corrected chi connectivity index (χ0v) is 13.9. The number of ether oxygens (including phenoxy) is 2. The van der Waals surface area contributed by atoms with Crippen LogP contribution in [-0.2, 0) is 0 Å². The molecule has 0 aliphatic heterocycles. The van der Waals surface area contributed by atoms with E-state index in [1.54, 1.807) is 40.2 Å². The number of rotatable bonds is 3. The molecule has 3 aromatic rings. The molecule has 8 heteroatoms. The molecular weight excluding hydrogens is 320 g/mol. The molecule has 0 unspecified atom stereocenters. The van der Waals surface area contributed by atoms with Gasteiger partial charge in [0.25, 0.3) is 0 Å². The number of aromatic amines is 1. The minimum absolute atomic E-state index is 0.349. The summed E-state index contributed by atoms with van der Waals surface area (Å²) in [5.74, 6) is 1.56. The van der Waals surface area contributed by atoms with Crippen LogP contribution in [0.2, 0.25) is 5.02 Å². The SMILES string of the molecule is COc1cc(Cl)c(-c2c(C)nn3c(=O)[nH]c(C)nc23)cc1OC. The summed E-state index contributed by atoms with van der Waals surface area (Å²) in [5, 5.41) is 4.71. The second-order valence-electron chi connectivity index (χ2n) is 5.01. The number of fused-ring (bicyclic) bond motifs is 1. The number of hydrogen-bond acceptors (Lipinski definition) is 5. The van der Waals surface area contributed by atoms with Crippen molar-refractivity contribution in [3.63, 3.8) is 0 Å². The van der Waals surface area contributed by atoms with Gasteiger partial charge in [-0.15, -0.1) is 0 Å². The standard InChI is InChI=1S/C15H15ClN4O3/c1-7-13(14-17-8(2)18-15(21)20(14)19-7)9-5-11(22-3)12(23-4)6-10(9)16/h5-6H,1-4H3,(H,17,18,21). The number of nitrogens with one attached hydrogen (secondary N) is 1. The Labute approximate surface area is 136 Å². The molecule has 1 N–H and O–H groups in total. The van der Waals surface area contributed by atoms with Gasteiger partial charge in [0.05, 0.1) is 30.5 Å². The van der Waals surface area contributed by atoms with Crippen molar-refractivity contribution in [3.8, 4) is 22.6 Å². The lowest BCUT2D eigenvalue weighted by atomic mass is 10.1. The number of hydrogen-bond donors (Lipinski definition) is 1. The number of benzene rings is 1. The van der Waals surface area contributed by atoms with E-state index < -0.39 is 0 Å². The molecule has 0 aliphatic rings. The first kappa shape index (κ1) is 15.4. The molecule has 7 nitrogen and oxygen atoms in total. The number of aromatic nitrogens is 4. The van der Waals surface area contributed by atoms with E-state index >= 15 is 0 Å². The number of aryl methyl sites for hydroxylation is 2. The van der Waals surface area contributed by atoms with Crippen LogP contribution < -0.4 is 15.2 Å². The van der Waals surface area contributed by atoms with Gasteiger partial charge in [0.15, 0.2) is 17.1 Å². The Hall–Kier alpha value is -2.54. The van der Waals surface area contributed by atoms with Gasteiger partial charge in [0.2, 0.25) is 0 Å². The van der Waals surface area contributed by atoms with Crippen molar-refractivity contribution in [2.24, 2.45) is 0 Å². The average Bonchev–Trinajstić information content (AvgIpc) is 2.83. The van der Waals surface area contributed by atoms with E-state index in [4.69, 9.17) is 21.1 Å². The summed E-state index contributed by atoms with van der Waals surface area (Å²) in [7, 11) is 3.09. The Morgan fingerprint density at radius 3 is 2.48 bits per heavy atom. The Morgan fingerprint density at radius 2 is 1.83 bits per heavy atom. The largest absolute Gasteiger partial charge is 0.493 e. The van der Waals surface area contributed by atoms with Crippen LogP contribution in [0.15, 0.2) is 16.9 Å². The van der Waals surface area contributed by atoms with Crippen LogP contribution >= 0.6 is 11.6 Å². The smallest absolute Gasteiger partial charge is 0.349 e. The van der Waals surface area contributed by atoms with E-state index in [2.05, 4.69) is 15.1 Å². The van der Waals surface area contributed by atoms with Crippen molar-refractivity contribution in [3.05, 3.63) is 39.2 Å². The molecule has 23 heavy (non-hydrogen) atoms. The topological polar surface area (TPSA) is 81.5 Å². The quantitative estimate of drug-likeness (QED) is 0.795. The van der Waals surface area contributed by atoms with Gasteiger partial charge in [0.1, 0.15) is 5.82 Å². The van der Waals surface area contributed by atoms with Gasteiger partial charge in [0, 0.05) is 11.6 Å². The fraction of sp³-hybridized carbons (Fsp3) is 0.267. The molecule has 2 aromatic heterocycles. The number of H-pyrrole nitrogens is 1. The van der Waals surface area contributed by atoms with Gasteiger partial charge in [-0.05, 0) is 19.9 Å². The molecule has 3 rings (SSSR count). The van der Waals surface area contributed by atoms with Gasteiger partial charge >= 0.3 is 5.69 Å². The summed E-state index contributed by atoms with van der Waals surface area (Å²) < 4.78 is 11.8. The lowest BCUT2D eigenvalue weighted by Gasteiger charge is -2.11. The number of methoxy groups -OCH3 is 2. The van der Waals surface area contributed by atoms with Gasteiger partial charge in [-0.25, -0.2) is 9.78 Å². The van der Waals surface area contributed by atoms with Crippen LogP contribution in [0.5, 0.6) is 11.5 Å². The minimum Gasteiger partial charge on any atom is -0.493 e. The summed E-state index contributed by atoms with van der Waals surface area (Å²) in [4.78, 5) is 19.0. The molecule has 0 fully saturated rings. The third-order valence-electron chi connectivity index (χ3n) is 3.53. The summed E-state index contributed by atoms with van der Waals surface area (Å²) in [6.07, 6.45) is 0. The predicted octanol–water partition coefficient (Wildman–Crippen LogP) is 2.37. The first-order valence-corrected chi connectivity index (χ1v) is 7.22. The predicted molar refractivity (Wildman–Crippen MR) is 86.6 cm³/mol. The van der Waals surface area contributed by atoms with E-state index in [9.17, 15) is 4.79 Å². The van der Waals surface area contributed by atoms with Crippen LogP contribution in [0.4, 0.5) is 0 Å². The normalized spacial score (nSPS) is 11.0. The van der Waals surface area contributed by atoms with E-state index in [-0.39, 0.29) is 5.69 Å². The Morgan fingerprint density at radius 1 is 1.17 bits per heavy atom. The molecule has 0 bridgehead atoms. The fourth-order valence-electron chi connectivity index (χ4n) is 2.52. The maximum atomic E-state index is 12.0. The molecule has 2 heterocycles. The third kappa shape index (κ3) is 2.43. The van der Waals surface area contributed by atoms with Crippen molar-refractivity contribution >= 4 is 17.2 Å². The molecule has 1 aromatic carbocycles. The molecule has 0 saturated carbocycles. The first-order chi connectivity index (χ1) is 11.0. The Balaban J connectivity index is 2.37. The van der Waals surface area contributed by atoms with Crippen molar-refractivity contribution < 1.29 is 9.47 Å². The summed E-state index contributed by atoms with van der Waals surface area (Å²) in [6, 6.07) is 3.42. The minimum atomic E-state index is -0.349. The zero-order valence-electron chi connectivity index (χ0n) is 13.1. The van der Waals surface area contributed by atoms with Crippen molar-refractivity contribution in [1.29, 1.82) is 0 Å². The van der Waals surface area contributed by atoms with Crippen LogP contribution in [0.1, 0.15) is 11.5 Å². The van der Waals surface area contributed by atoms with Crippen molar-refractivity contribution in [2.75, 3.05) is 14.2 Å². The van der Waals surface area contributed by atoms with Crippen molar-refractivity contribution in [2.45, 2.75) is 13.8 Å². The second-order valence-corrected chi connectivity index (χ2v) is 5.42. The van der Waals surface area contributed by atoms with Gasteiger partial charge in [-0.1, -0.05) is 11.6 Å². The van der Waals surface area contributed by atoms with E-state index in [0.717, 1.165) is 0 Å². The lowest BCUT2D eigenvalue weighted by molar-refractivity contribution is 0.355. The van der Waals surface area contributed by atoms with Gasteiger partial charge < -0.3 is 9.47 Å². The first-order valence-electron chi connectivity index (χ1n) is 6.84. The van der Waals surface area contributed by atoms with Gasteiger partial charge in [-0.3, -0.25) is 4.98 Å². The number of nitrogens with zero attached hydrogens (tertiary/aromatic N) is 3. The van der Waals surface area contributed by atoms with Crippen LogP contribution in [0.25, 0.3) is 16.8 Å². The van der Waals surface area contributed by atoms with Crippen LogP contribution in [0, 0.1) is 13.8 Å². The van der Waals surface area contributed by atoms with E-state index in [0.29, 0.717) is 44.8 Å². The highest BCUT2D eigenvalue weighted by atomic mass is 35.5. The highest BCUT2D eigenvalue weighted by Crippen LogP contribution is 2.40. The molecular formula is C15H15ClN4O3. The molecule has 0 spiro atoms. The molecule has 0 atom stereocenters. The summed E-state index contributed by atoms with van der Waals surface area (Å²) >= 11 is 6.39. The van der Waals surface area contributed by atoms with E-state index in [1.165, 1.54) is 4.52 Å². The number of halogens is 1. The van der Waals surface area contributed by atoms with Crippen molar-refractivity contribution in [1.82, 2.24) is 19.6 Å². The average molecular weight is 335 g/mol. The van der Waals surface area contributed by atoms with E-state index in [1.807, 2.05) is 0 Å². The molecule has 0 amide bonds. The third-order valence-corrected chi connectivity index (χ3v) is 3.85. The zero-order chi connectivity index (χ0) is 16.7. The molecule has 0 saturated heterocycles. The molecule has 0 aliphatic carbocycles. The maximum absolute atomic E-state index is 12.0. The van der Waals surface area contributed by atoms with Crippen LogP contribution in [0.3, 0.4) is 0 Å². The molecule has 120 valence electrons. The Bertz CT molecular complexity index is 961. The summed E-state index contributed by atoms with van der Waals surface area (Å²) in [6.45, 7) is 3.51. The van der Waals surface area contributed by atoms with Gasteiger partial charge in [-0.2, -0.15) is 9.61 Å². The summed E-state index contributed by atoms with van der Waals surface area (Å²) in [5.41, 5.74) is 2.10. The lowest BCUT2D eigenvalue weighted by Crippen LogP contribution is -2.19. The maximum Gasteiger partial charge on any atom is 0.349 e.